The molecule has 0 saturated heterocycles. The summed E-state index contributed by atoms with van der Waals surface area (Å²) in [5.74, 6) is 1.48. The van der Waals surface area contributed by atoms with Crippen molar-refractivity contribution >= 4 is 11.8 Å². The van der Waals surface area contributed by atoms with Crippen LogP contribution in [0, 0.1) is 36.5 Å². The molecule has 0 spiro atoms. The third-order valence-electron chi connectivity index (χ3n) is 1.95. The molecule has 0 bridgehead atoms. The maximum atomic E-state index is 9.00. The van der Waals surface area contributed by atoms with Crippen LogP contribution in [0.4, 0.5) is 0 Å². The molecule has 1 heterocycles. The summed E-state index contributed by atoms with van der Waals surface area (Å²) in [4.78, 5) is 8.40. The van der Waals surface area contributed by atoms with E-state index in [1.54, 1.807) is 0 Å². The molecule has 0 aliphatic rings. The van der Waals surface area contributed by atoms with E-state index in [0.717, 1.165) is 22.9 Å². The Hall–Kier alpha value is -1.59. The predicted molar refractivity (Wildman–Crippen MR) is 61.8 cm³/mol. The van der Waals surface area contributed by atoms with Crippen LogP contribution in [0.2, 0.25) is 0 Å². The number of thioether (sulfide) groups is 1. The summed E-state index contributed by atoms with van der Waals surface area (Å²) in [5, 5.41) is 18.1. The van der Waals surface area contributed by atoms with Crippen molar-refractivity contribution in [2.24, 2.45) is 0 Å². The number of aryl methyl sites for hydroxylation is 2. The smallest absolute Gasteiger partial charge is 0.126 e. The van der Waals surface area contributed by atoms with E-state index in [9.17, 15) is 0 Å². The van der Waals surface area contributed by atoms with Crippen LogP contribution < -0.4 is 0 Å². The van der Waals surface area contributed by atoms with Crippen LogP contribution in [0.1, 0.15) is 29.9 Å². The standard InChI is InChI=1S/C11H12N4S/c1-8-10(7-13)11(15-9(2)14-8)16-6-4-3-5-12/h3-4,6H2,1-2H3. The van der Waals surface area contributed by atoms with Crippen LogP contribution in [-0.2, 0) is 0 Å². The number of nitriles is 2. The second-order valence-electron chi connectivity index (χ2n) is 3.26. The van der Waals surface area contributed by atoms with Crippen molar-refractivity contribution in [3.63, 3.8) is 0 Å². The van der Waals surface area contributed by atoms with E-state index in [4.69, 9.17) is 10.5 Å². The summed E-state index contributed by atoms with van der Waals surface area (Å²) in [5.41, 5.74) is 1.27. The van der Waals surface area contributed by atoms with E-state index < -0.39 is 0 Å². The maximum absolute atomic E-state index is 9.00. The first-order valence-electron chi connectivity index (χ1n) is 4.94. The Kier molecular flexibility index (Phi) is 4.75. The van der Waals surface area contributed by atoms with Crippen LogP contribution >= 0.6 is 11.8 Å². The van der Waals surface area contributed by atoms with Crippen molar-refractivity contribution in [1.29, 1.82) is 10.5 Å². The van der Waals surface area contributed by atoms with Crippen LogP contribution in [0.5, 0.6) is 0 Å². The molecule has 5 heteroatoms. The molecule has 0 radical (unpaired) electrons. The number of hydrogen-bond donors (Lipinski definition) is 0. The molecule has 0 unspecified atom stereocenters. The van der Waals surface area contributed by atoms with Crippen LogP contribution in [0.25, 0.3) is 0 Å². The highest BCUT2D eigenvalue weighted by Gasteiger charge is 2.09. The predicted octanol–water partition coefficient (Wildman–Crippen LogP) is 2.36. The molecule has 0 amide bonds. The maximum Gasteiger partial charge on any atom is 0.126 e. The fourth-order valence-corrected chi connectivity index (χ4v) is 2.25. The monoisotopic (exact) mass is 232 g/mol. The van der Waals surface area contributed by atoms with Gasteiger partial charge in [-0.1, -0.05) is 0 Å². The zero-order valence-electron chi connectivity index (χ0n) is 9.32. The third kappa shape index (κ3) is 3.22. The number of aromatic nitrogens is 2. The summed E-state index contributed by atoms with van der Waals surface area (Å²) >= 11 is 1.52. The Morgan fingerprint density at radius 1 is 1.25 bits per heavy atom. The van der Waals surface area contributed by atoms with E-state index in [2.05, 4.69) is 22.1 Å². The van der Waals surface area contributed by atoms with Crippen molar-refractivity contribution in [3.8, 4) is 12.1 Å². The molecule has 0 aliphatic heterocycles. The fourth-order valence-electron chi connectivity index (χ4n) is 1.23. The van der Waals surface area contributed by atoms with Gasteiger partial charge in [0.15, 0.2) is 0 Å². The Morgan fingerprint density at radius 3 is 2.62 bits per heavy atom. The Balaban J connectivity index is 2.79. The minimum absolute atomic E-state index is 0.540. The lowest BCUT2D eigenvalue weighted by Crippen LogP contribution is -1.99. The minimum atomic E-state index is 0.540. The van der Waals surface area contributed by atoms with Crippen molar-refractivity contribution in [2.75, 3.05) is 5.75 Å². The van der Waals surface area contributed by atoms with E-state index in [1.165, 1.54) is 11.8 Å². The van der Waals surface area contributed by atoms with Crippen LogP contribution in [-0.4, -0.2) is 15.7 Å². The highest BCUT2D eigenvalue weighted by molar-refractivity contribution is 7.99. The normalized spacial score (nSPS) is 9.50. The Bertz CT molecular complexity index is 456. The van der Waals surface area contributed by atoms with Gasteiger partial charge in [0.05, 0.1) is 11.8 Å². The first-order valence-corrected chi connectivity index (χ1v) is 5.92. The van der Waals surface area contributed by atoms with E-state index >= 15 is 0 Å². The second-order valence-corrected chi connectivity index (χ2v) is 4.34. The molecule has 1 aromatic rings. The molecular weight excluding hydrogens is 220 g/mol. The number of unbranched alkanes of at least 4 members (excludes halogenated alkanes) is 1. The molecule has 0 atom stereocenters. The van der Waals surface area contributed by atoms with Crippen molar-refractivity contribution in [2.45, 2.75) is 31.7 Å². The van der Waals surface area contributed by atoms with Crippen molar-refractivity contribution in [1.82, 2.24) is 9.97 Å². The lowest BCUT2D eigenvalue weighted by atomic mass is 10.3. The molecule has 1 rings (SSSR count). The number of hydrogen-bond acceptors (Lipinski definition) is 5. The summed E-state index contributed by atoms with van der Waals surface area (Å²) in [6, 6.07) is 4.22. The highest BCUT2D eigenvalue weighted by atomic mass is 32.2. The van der Waals surface area contributed by atoms with Crippen LogP contribution in [0.15, 0.2) is 5.03 Å². The van der Waals surface area contributed by atoms with Gasteiger partial charge in [0.1, 0.15) is 22.5 Å². The quantitative estimate of drug-likeness (QED) is 0.452. The molecule has 0 fully saturated rings. The third-order valence-corrected chi connectivity index (χ3v) is 3.01. The lowest BCUT2D eigenvalue weighted by Gasteiger charge is -2.05. The van der Waals surface area contributed by atoms with Crippen molar-refractivity contribution in [3.05, 3.63) is 17.1 Å². The fraction of sp³-hybridized carbons (Fsp3) is 0.455. The average Bonchev–Trinajstić information content (AvgIpc) is 2.24. The van der Waals surface area contributed by atoms with Gasteiger partial charge in [-0.05, 0) is 20.3 Å². The topological polar surface area (TPSA) is 73.4 Å². The van der Waals surface area contributed by atoms with Crippen molar-refractivity contribution < 1.29 is 0 Å². The van der Waals surface area contributed by atoms with Crippen LogP contribution in [0.3, 0.4) is 0 Å². The van der Waals surface area contributed by atoms with Gasteiger partial charge in [-0.3, -0.25) is 0 Å². The van der Waals surface area contributed by atoms with E-state index in [1.807, 2.05) is 13.8 Å². The molecule has 4 nitrogen and oxygen atoms in total. The van der Waals surface area contributed by atoms with E-state index in [0.29, 0.717) is 17.8 Å². The molecule has 82 valence electrons. The SMILES string of the molecule is Cc1nc(C)c(C#N)c(SCCCC#N)n1. The van der Waals surface area contributed by atoms with Gasteiger partial charge < -0.3 is 0 Å². The first kappa shape index (κ1) is 12.5. The summed E-state index contributed by atoms with van der Waals surface area (Å²) < 4.78 is 0. The summed E-state index contributed by atoms with van der Waals surface area (Å²) in [7, 11) is 0. The summed E-state index contributed by atoms with van der Waals surface area (Å²) in [6.07, 6.45) is 1.35. The molecule has 0 saturated carbocycles. The van der Waals surface area contributed by atoms with Gasteiger partial charge in [-0.25, -0.2) is 9.97 Å². The molecule has 16 heavy (non-hydrogen) atoms. The summed E-state index contributed by atoms with van der Waals surface area (Å²) in [6.45, 7) is 3.63. The van der Waals surface area contributed by atoms with Gasteiger partial charge >= 0.3 is 0 Å². The number of rotatable bonds is 4. The Morgan fingerprint density at radius 2 is 2.00 bits per heavy atom. The number of nitrogens with zero attached hydrogens (tertiary/aromatic N) is 4. The molecular formula is C11H12N4S. The van der Waals surface area contributed by atoms with Gasteiger partial charge in [0.2, 0.25) is 0 Å². The molecule has 0 aromatic carbocycles. The molecule has 0 N–H and O–H groups in total. The van der Waals surface area contributed by atoms with Gasteiger partial charge in [0, 0.05) is 12.2 Å². The molecule has 1 aromatic heterocycles. The highest BCUT2D eigenvalue weighted by Crippen LogP contribution is 2.22. The first-order chi connectivity index (χ1) is 7.69. The zero-order valence-corrected chi connectivity index (χ0v) is 10.1. The Labute approximate surface area is 99.3 Å². The van der Waals surface area contributed by atoms with Gasteiger partial charge in [0.25, 0.3) is 0 Å². The zero-order chi connectivity index (χ0) is 12.0. The van der Waals surface area contributed by atoms with Gasteiger partial charge in [-0.2, -0.15) is 10.5 Å². The lowest BCUT2D eigenvalue weighted by molar-refractivity contribution is 0.917. The van der Waals surface area contributed by atoms with Gasteiger partial charge in [-0.15, -0.1) is 11.8 Å². The minimum Gasteiger partial charge on any atom is -0.237 e. The largest absolute Gasteiger partial charge is 0.237 e. The van der Waals surface area contributed by atoms with E-state index in [-0.39, 0.29) is 0 Å². The molecule has 0 aliphatic carbocycles. The average molecular weight is 232 g/mol. The second kappa shape index (κ2) is 6.09.